The minimum absolute atomic E-state index is 0.290. The topological polar surface area (TPSA) is 69.6 Å². The van der Waals surface area contributed by atoms with E-state index in [1.54, 1.807) is 29.7 Å². The van der Waals surface area contributed by atoms with Gasteiger partial charge in [-0.2, -0.15) is 0 Å². The van der Waals surface area contributed by atoms with Crippen molar-refractivity contribution < 1.29 is 18.6 Å². The molecule has 0 spiro atoms. The summed E-state index contributed by atoms with van der Waals surface area (Å²) in [6.45, 7) is 1.22. The van der Waals surface area contributed by atoms with Crippen LogP contribution in [0.15, 0.2) is 71.6 Å². The van der Waals surface area contributed by atoms with Crippen LogP contribution >= 0.6 is 0 Å². The van der Waals surface area contributed by atoms with Crippen LogP contribution in [0.3, 0.4) is 0 Å². The van der Waals surface area contributed by atoms with Crippen molar-refractivity contribution in [3.63, 3.8) is 0 Å². The minimum atomic E-state index is -1.33. The van der Waals surface area contributed by atoms with E-state index in [9.17, 15) is 13.4 Å². The summed E-state index contributed by atoms with van der Waals surface area (Å²) in [6.07, 6.45) is 1.38. The molecule has 0 aromatic heterocycles. The summed E-state index contributed by atoms with van der Waals surface area (Å²) in [5.41, 5.74) is 5.95. The molecule has 1 atom stereocenters. The van der Waals surface area contributed by atoms with Gasteiger partial charge in [0.15, 0.2) is 0 Å². The molecule has 0 aliphatic carbocycles. The third kappa shape index (κ3) is 4.33. The highest BCUT2D eigenvalue weighted by Gasteiger charge is 2.21. The lowest BCUT2D eigenvalue weighted by molar-refractivity contribution is 0.0706. The first-order valence-corrected chi connectivity index (χ1v) is 10.7. The van der Waals surface area contributed by atoms with E-state index < -0.39 is 16.9 Å². The van der Waals surface area contributed by atoms with Crippen LogP contribution in [-0.4, -0.2) is 32.7 Å². The molecule has 1 aliphatic heterocycles. The molecule has 0 saturated heterocycles. The first kappa shape index (κ1) is 20.4. The van der Waals surface area contributed by atoms with Gasteiger partial charge < -0.3 is 0 Å². The van der Waals surface area contributed by atoms with Gasteiger partial charge in [0.05, 0.1) is 4.90 Å². The number of hydrogen-bond donors (Lipinski definition) is 2. The number of amides is 1. The van der Waals surface area contributed by atoms with E-state index in [2.05, 4.69) is 0 Å². The molecule has 7 heteroatoms. The number of hydrogen-bond acceptors (Lipinski definition) is 3. The molecule has 30 heavy (non-hydrogen) atoms. The fraction of sp³-hybridized carbons (Fsp3) is 0.174. The number of nitrogens with zero attached hydrogens (tertiary/aromatic N) is 1. The van der Waals surface area contributed by atoms with Crippen molar-refractivity contribution in [3.05, 3.63) is 89.2 Å². The summed E-state index contributed by atoms with van der Waals surface area (Å²) in [5, 5.41) is 8.84. The Morgan fingerprint density at radius 2 is 1.67 bits per heavy atom. The molecule has 1 aliphatic rings. The van der Waals surface area contributed by atoms with Crippen LogP contribution in [0.4, 0.5) is 4.39 Å². The predicted molar refractivity (Wildman–Crippen MR) is 113 cm³/mol. The number of benzene rings is 3. The second-order valence-electron chi connectivity index (χ2n) is 7.14. The predicted octanol–water partition coefficient (Wildman–Crippen LogP) is 3.74. The summed E-state index contributed by atoms with van der Waals surface area (Å²) in [7, 11) is -1.33. The van der Waals surface area contributed by atoms with E-state index in [-0.39, 0.29) is 5.82 Å². The monoisotopic (exact) mass is 424 g/mol. The molecule has 4 rings (SSSR count). The van der Waals surface area contributed by atoms with Crippen molar-refractivity contribution in [2.45, 2.75) is 17.7 Å². The number of halogens is 1. The largest absolute Gasteiger partial charge is 0.288 e. The second kappa shape index (κ2) is 8.87. The summed E-state index contributed by atoms with van der Waals surface area (Å²) in [5.74, 6) is -0.831. The van der Waals surface area contributed by atoms with Gasteiger partial charge in [-0.15, -0.1) is 0 Å². The third-order valence-electron chi connectivity index (χ3n) is 5.28. The maximum Gasteiger partial charge on any atom is 0.274 e. The summed E-state index contributed by atoms with van der Waals surface area (Å²) in [6, 6.07) is 19.1. The fourth-order valence-electron chi connectivity index (χ4n) is 3.65. The fourth-order valence-corrected chi connectivity index (χ4v) is 4.89. The smallest absolute Gasteiger partial charge is 0.274 e. The Balaban J connectivity index is 1.52. The maximum absolute atomic E-state index is 13.2. The molecule has 0 radical (unpaired) electrons. The third-order valence-corrected chi connectivity index (χ3v) is 6.77. The van der Waals surface area contributed by atoms with Crippen molar-refractivity contribution in [2.24, 2.45) is 0 Å². The first-order chi connectivity index (χ1) is 14.5. The Hall–Kier alpha value is -2.87. The minimum Gasteiger partial charge on any atom is -0.288 e. The quantitative estimate of drug-likeness (QED) is 0.495. The highest BCUT2D eigenvalue weighted by atomic mass is 32.2. The molecule has 1 unspecified atom stereocenters. The zero-order valence-electron chi connectivity index (χ0n) is 16.2. The molecule has 0 bridgehead atoms. The highest BCUT2D eigenvalue weighted by Crippen LogP contribution is 2.25. The van der Waals surface area contributed by atoms with Crippen molar-refractivity contribution in [2.75, 3.05) is 13.1 Å². The Bertz CT molecular complexity index is 1100. The molecule has 1 amide bonds. The number of nitrogens with one attached hydrogen (secondary N) is 1. The van der Waals surface area contributed by atoms with E-state index in [1.165, 1.54) is 12.1 Å². The molecule has 154 valence electrons. The SMILES string of the molecule is O=C(NO)c1ccc2c(c1)CCN(S(=O)c1cccc(-c3ccc(F)cc3)c1)CC2. The molecule has 0 saturated carbocycles. The van der Waals surface area contributed by atoms with Gasteiger partial charge in [0.1, 0.15) is 16.8 Å². The van der Waals surface area contributed by atoms with Gasteiger partial charge in [-0.1, -0.05) is 30.3 Å². The lowest BCUT2D eigenvalue weighted by atomic mass is 10.00. The Kier molecular flexibility index (Phi) is 6.03. The Morgan fingerprint density at radius 3 is 2.40 bits per heavy atom. The van der Waals surface area contributed by atoms with Crippen LogP contribution < -0.4 is 5.48 Å². The number of fused-ring (bicyclic) bond motifs is 1. The van der Waals surface area contributed by atoms with Crippen molar-refractivity contribution in [3.8, 4) is 11.1 Å². The standard InChI is InChI=1S/C23H21FN2O3S/c24-21-8-6-16(7-9-21)18-2-1-3-22(15-18)30(29)26-12-10-17-4-5-20(23(27)25-28)14-19(17)11-13-26/h1-9,14-15,28H,10-13H2,(H,25,27). The van der Waals surface area contributed by atoms with Gasteiger partial charge >= 0.3 is 0 Å². The van der Waals surface area contributed by atoms with Crippen LogP contribution in [0, 0.1) is 5.82 Å². The zero-order chi connectivity index (χ0) is 21.1. The molecule has 5 nitrogen and oxygen atoms in total. The van der Waals surface area contributed by atoms with Crippen molar-refractivity contribution in [1.29, 1.82) is 0 Å². The summed E-state index contributed by atoms with van der Waals surface area (Å²) < 4.78 is 28.4. The molecule has 1 heterocycles. The lowest BCUT2D eigenvalue weighted by Gasteiger charge is -2.19. The Labute approximate surface area is 176 Å². The van der Waals surface area contributed by atoms with E-state index in [0.29, 0.717) is 30.0 Å². The average molecular weight is 424 g/mol. The van der Waals surface area contributed by atoms with Crippen LogP contribution in [-0.2, 0) is 23.8 Å². The van der Waals surface area contributed by atoms with E-state index in [4.69, 9.17) is 5.21 Å². The van der Waals surface area contributed by atoms with E-state index in [1.807, 2.05) is 34.6 Å². The van der Waals surface area contributed by atoms with Gasteiger partial charge in [-0.25, -0.2) is 18.4 Å². The highest BCUT2D eigenvalue weighted by molar-refractivity contribution is 7.82. The van der Waals surface area contributed by atoms with Gasteiger partial charge in [0.25, 0.3) is 5.91 Å². The molecule has 3 aromatic rings. The van der Waals surface area contributed by atoms with Crippen molar-refractivity contribution in [1.82, 2.24) is 9.79 Å². The molecule has 2 N–H and O–H groups in total. The molecule has 0 fully saturated rings. The van der Waals surface area contributed by atoms with Crippen LogP contribution in [0.25, 0.3) is 11.1 Å². The number of hydroxylamine groups is 1. The van der Waals surface area contributed by atoms with Gasteiger partial charge in [-0.3, -0.25) is 10.0 Å². The number of carbonyl (C=O) groups is 1. The zero-order valence-corrected chi connectivity index (χ0v) is 17.0. The molecule has 3 aromatic carbocycles. The average Bonchev–Trinajstić information content (AvgIpc) is 3.00. The van der Waals surface area contributed by atoms with E-state index in [0.717, 1.165) is 28.7 Å². The van der Waals surface area contributed by atoms with Gasteiger partial charge in [0, 0.05) is 18.7 Å². The molecular weight excluding hydrogens is 403 g/mol. The lowest BCUT2D eigenvalue weighted by Crippen LogP contribution is -2.28. The number of rotatable bonds is 4. The van der Waals surface area contributed by atoms with Crippen molar-refractivity contribution >= 4 is 16.9 Å². The number of carbonyl (C=O) groups excluding carboxylic acids is 1. The van der Waals surface area contributed by atoms with Crippen LogP contribution in [0.1, 0.15) is 21.5 Å². The summed E-state index contributed by atoms with van der Waals surface area (Å²) in [4.78, 5) is 12.4. The van der Waals surface area contributed by atoms with Gasteiger partial charge in [-0.05, 0) is 71.5 Å². The Morgan fingerprint density at radius 1 is 0.933 bits per heavy atom. The first-order valence-electron chi connectivity index (χ1n) is 9.64. The van der Waals surface area contributed by atoms with Crippen LogP contribution in [0.2, 0.25) is 0 Å². The second-order valence-corrected chi connectivity index (χ2v) is 8.62. The van der Waals surface area contributed by atoms with E-state index >= 15 is 0 Å². The maximum atomic E-state index is 13.2. The molecular formula is C23H21FN2O3S. The van der Waals surface area contributed by atoms with Gasteiger partial charge in [0.2, 0.25) is 0 Å². The normalized spacial score (nSPS) is 15.1. The summed E-state index contributed by atoms with van der Waals surface area (Å²) >= 11 is 0. The van der Waals surface area contributed by atoms with Crippen LogP contribution in [0.5, 0.6) is 0 Å².